The van der Waals surface area contributed by atoms with Crippen LogP contribution in [0.2, 0.25) is 0 Å². The molecule has 4 rings (SSSR count). The van der Waals surface area contributed by atoms with E-state index in [-0.39, 0.29) is 11.3 Å². The van der Waals surface area contributed by atoms with E-state index in [1.54, 1.807) is 18.3 Å². The third-order valence-corrected chi connectivity index (χ3v) is 4.14. The van der Waals surface area contributed by atoms with Crippen LogP contribution < -0.4 is 10.5 Å². The summed E-state index contributed by atoms with van der Waals surface area (Å²) in [7, 11) is 0. The summed E-state index contributed by atoms with van der Waals surface area (Å²) in [5.41, 5.74) is 1.56. The number of ether oxygens (including phenoxy) is 1. The quantitative estimate of drug-likeness (QED) is 0.743. The number of phenolic OH excluding ortho intramolecular Hbond substituents is 1. The number of fused-ring (bicyclic) bond motifs is 1. The average molecular weight is 324 g/mol. The van der Waals surface area contributed by atoms with Crippen molar-refractivity contribution in [1.82, 2.24) is 15.0 Å². The first kappa shape index (κ1) is 14.6. The summed E-state index contributed by atoms with van der Waals surface area (Å²) < 4.78 is 5.34. The molecule has 0 bridgehead atoms. The first-order chi connectivity index (χ1) is 11.7. The van der Waals surface area contributed by atoms with Crippen LogP contribution in [0.5, 0.6) is 5.75 Å². The van der Waals surface area contributed by atoms with Crippen molar-refractivity contribution < 1.29 is 9.84 Å². The zero-order valence-electron chi connectivity index (χ0n) is 12.9. The Morgan fingerprint density at radius 2 is 1.96 bits per heavy atom. The van der Waals surface area contributed by atoms with Crippen molar-refractivity contribution in [2.24, 2.45) is 0 Å². The van der Waals surface area contributed by atoms with E-state index < -0.39 is 0 Å². The predicted octanol–water partition coefficient (Wildman–Crippen LogP) is 1.53. The molecule has 7 heteroatoms. The number of morpholine rings is 1. The molecule has 1 aliphatic heterocycles. The van der Waals surface area contributed by atoms with Gasteiger partial charge in [-0.15, -0.1) is 0 Å². The number of rotatable bonds is 2. The molecule has 2 aromatic heterocycles. The molecule has 0 spiro atoms. The molecule has 0 unspecified atom stereocenters. The minimum Gasteiger partial charge on any atom is -0.506 e. The zero-order chi connectivity index (χ0) is 16.5. The van der Waals surface area contributed by atoms with Crippen LogP contribution in [0.15, 0.2) is 41.6 Å². The maximum Gasteiger partial charge on any atom is 0.258 e. The molecule has 3 aromatic rings. The fraction of sp³-hybridized carbons (Fsp3) is 0.235. The number of hydrogen-bond acceptors (Lipinski definition) is 6. The second kappa shape index (κ2) is 5.93. The Labute approximate surface area is 137 Å². The van der Waals surface area contributed by atoms with Gasteiger partial charge in [0.05, 0.1) is 24.9 Å². The van der Waals surface area contributed by atoms with Gasteiger partial charge >= 0.3 is 0 Å². The second-order valence-electron chi connectivity index (χ2n) is 5.63. The maximum absolute atomic E-state index is 11.9. The highest BCUT2D eigenvalue weighted by atomic mass is 16.5. The van der Waals surface area contributed by atoms with Gasteiger partial charge in [-0.2, -0.15) is 0 Å². The number of nitrogens with one attached hydrogen (secondary N) is 1. The number of aromatic nitrogens is 3. The second-order valence-corrected chi connectivity index (χ2v) is 5.63. The number of pyridine rings is 1. The lowest BCUT2D eigenvalue weighted by Crippen LogP contribution is -2.36. The van der Waals surface area contributed by atoms with Crippen molar-refractivity contribution >= 4 is 16.7 Å². The van der Waals surface area contributed by atoms with Crippen molar-refractivity contribution in [3.8, 4) is 16.9 Å². The highest BCUT2D eigenvalue weighted by molar-refractivity contribution is 5.88. The number of benzene rings is 1. The maximum atomic E-state index is 11.9. The fourth-order valence-electron chi connectivity index (χ4n) is 2.86. The normalized spacial score (nSPS) is 14.9. The minimum absolute atomic E-state index is 0.0224. The van der Waals surface area contributed by atoms with Crippen LogP contribution >= 0.6 is 0 Å². The lowest BCUT2D eigenvalue weighted by Gasteiger charge is -2.27. The van der Waals surface area contributed by atoms with Gasteiger partial charge in [0.1, 0.15) is 17.1 Å². The van der Waals surface area contributed by atoms with Crippen molar-refractivity contribution in [2.45, 2.75) is 0 Å². The first-order valence-corrected chi connectivity index (χ1v) is 7.72. The lowest BCUT2D eigenvalue weighted by molar-refractivity contribution is 0.122. The van der Waals surface area contributed by atoms with Gasteiger partial charge in [0.25, 0.3) is 5.56 Å². The van der Waals surface area contributed by atoms with Crippen molar-refractivity contribution in [1.29, 1.82) is 0 Å². The Hall–Kier alpha value is -2.93. The Morgan fingerprint density at radius 3 is 2.71 bits per heavy atom. The van der Waals surface area contributed by atoms with Gasteiger partial charge in [-0.3, -0.25) is 4.79 Å². The Kier molecular flexibility index (Phi) is 3.62. The smallest absolute Gasteiger partial charge is 0.258 e. The largest absolute Gasteiger partial charge is 0.506 e. The van der Waals surface area contributed by atoms with Crippen molar-refractivity contribution in [2.75, 3.05) is 31.2 Å². The van der Waals surface area contributed by atoms with Gasteiger partial charge in [-0.1, -0.05) is 0 Å². The molecule has 0 atom stereocenters. The van der Waals surface area contributed by atoms with E-state index in [1.807, 2.05) is 12.1 Å². The van der Waals surface area contributed by atoms with E-state index in [9.17, 15) is 9.90 Å². The van der Waals surface area contributed by atoms with E-state index >= 15 is 0 Å². The Morgan fingerprint density at radius 1 is 1.12 bits per heavy atom. The van der Waals surface area contributed by atoms with Gasteiger partial charge < -0.3 is 19.7 Å². The molecule has 2 N–H and O–H groups in total. The molecule has 0 amide bonds. The molecule has 7 nitrogen and oxygen atoms in total. The first-order valence-electron chi connectivity index (χ1n) is 7.72. The van der Waals surface area contributed by atoms with Gasteiger partial charge in [0.2, 0.25) is 0 Å². The number of anilines is 1. The summed E-state index contributed by atoms with van der Waals surface area (Å²) in [4.78, 5) is 25.1. The molecule has 0 aliphatic carbocycles. The summed E-state index contributed by atoms with van der Waals surface area (Å²) in [6.07, 6.45) is 3.03. The van der Waals surface area contributed by atoms with Crippen LogP contribution in [0.4, 0.5) is 5.82 Å². The average Bonchev–Trinajstić information content (AvgIpc) is 2.63. The van der Waals surface area contributed by atoms with Crippen LogP contribution in [0, 0.1) is 0 Å². The number of phenols is 1. The van der Waals surface area contributed by atoms with E-state index in [0.717, 1.165) is 30.0 Å². The van der Waals surface area contributed by atoms with Crippen LogP contribution in [-0.4, -0.2) is 46.4 Å². The minimum atomic E-state index is -0.282. The monoisotopic (exact) mass is 324 g/mol. The van der Waals surface area contributed by atoms with E-state index in [0.29, 0.717) is 24.1 Å². The van der Waals surface area contributed by atoms with Gasteiger partial charge in [0, 0.05) is 24.8 Å². The summed E-state index contributed by atoms with van der Waals surface area (Å²) in [6.45, 7) is 3.06. The summed E-state index contributed by atoms with van der Waals surface area (Å²) in [6, 6.07) is 7.19. The fourth-order valence-corrected chi connectivity index (χ4v) is 2.86. The SMILES string of the molecule is O=c1[nH]cnc2c(O)cc(-c3ccc(N4CCOCC4)nc3)cc12. The molecule has 24 heavy (non-hydrogen) atoms. The Bertz CT molecular complexity index is 931. The molecular formula is C17H16N4O3. The molecule has 0 radical (unpaired) electrons. The highest BCUT2D eigenvalue weighted by Crippen LogP contribution is 2.29. The summed E-state index contributed by atoms with van der Waals surface area (Å²) in [5, 5.41) is 10.5. The van der Waals surface area contributed by atoms with Gasteiger partial charge in [0.15, 0.2) is 0 Å². The molecule has 1 aliphatic rings. The molecule has 3 heterocycles. The summed E-state index contributed by atoms with van der Waals surface area (Å²) >= 11 is 0. The Balaban J connectivity index is 1.72. The van der Waals surface area contributed by atoms with Crippen LogP contribution in [0.25, 0.3) is 22.0 Å². The van der Waals surface area contributed by atoms with Crippen molar-refractivity contribution in [3.63, 3.8) is 0 Å². The lowest BCUT2D eigenvalue weighted by atomic mass is 10.0. The molecule has 0 saturated carbocycles. The number of nitrogens with zero attached hydrogens (tertiary/aromatic N) is 3. The number of H-pyrrole nitrogens is 1. The zero-order valence-corrected chi connectivity index (χ0v) is 12.9. The number of hydrogen-bond donors (Lipinski definition) is 2. The van der Waals surface area contributed by atoms with E-state index in [4.69, 9.17) is 4.74 Å². The molecule has 1 aromatic carbocycles. The molecular weight excluding hydrogens is 308 g/mol. The molecule has 1 saturated heterocycles. The van der Waals surface area contributed by atoms with Crippen molar-refractivity contribution in [3.05, 3.63) is 47.1 Å². The third-order valence-electron chi connectivity index (χ3n) is 4.14. The van der Waals surface area contributed by atoms with Crippen LogP contribution in [-0.2, 0) is 4.74 Å². The van der Waals surface area contributed by atoms with Crippen LogP contribution in [0.1, 0.15) is 0 Å². The standard InChI is InChI=1S/C17H16N4O3/c22-14-8-12(7-13-16(14)19-10-20-17(13)23)11-1-2-15(18-9-11)21-3-5-24-6-4-21/h1-2,7-10,22H,3-6H2,(H,19,20,23). The number of aromatic amines is 1. The van der Waals surface area contributed by atoms with Gasteiger partial charge in [-0.25, -0.2) is 9.97 Å². The van der Waals surface area contributed by atoms with E-state index in [1.165, 1.54) is 6.33 Å². The number of aromatic hydroxyl groups is 1. The highest BCUT2D eigenvalue weighted by Gasteiger charge is 2.13. The summed E-state index contributed by atoms with van der Waals surface area (Å²) in [5.74, 6) is 0.873. The van der Waals surface area contributed by atoms with Gasteiger partial charge in [-0.05, 0) is 29.8 Å². The predicted molar refractivity (Wildman–Crippen MR) is 90.3 cm³/mol. The molecule has 122 valence electrons. The van der Waals surface area contributed by atoms with E-state index in [2.05, 4.69) is 19.9 Å². The topological polar surface area (TPSA) is 91.3 Å². The van der Waals surface area contributed by atoms with Crippen LogP contribution in [0.3, 0.4) is 0 Å². The third kappa shape index (κ3) is 2.59. The molecule has 1 fully saturated rings.